The Balaban J connectivity index is 2.39. The summed E-state index contributed by atoms with van der Waals surface area (Å²) in [6, 6.07) is 9.62. The molecule has 0 aliphatic carbocycles. The van der Waals surface area contributed by atoms with Gasteiger partial charge in [-0.2, -0.15) is 0 Å². The predicted octanol–water partition coefficient (Wildman–Crippen LogP) is 4.03. The SMILES string of the molecule is CC(C)(CNC(=O)OCc1ccccc1)CC(C)(C)CC(N)=S. The van der Waals surface area contributed by atoms with E-state index < -0.39 is 6.09 Å². The van der Waals surface area contributed by atoms with E-state index in [2.05, 4.69) is 33.0 Å². The number of hydrogen-bond acceptors (Lipinski definition) is 3. The summed E-state index contributed by atoms with van der Waals surface area (Å²) < 4.78 is 5.23. The molecule has 0 heterocycles. The molecule has 0 aliphatic heterocycles. The number of ether oxygens (including phenoxy) is 1. The topological polar surface area (TPSA) is 64.3 Å². The molecular weight excluding hydrogens is 308 g/mol. The lowest BCUT2D eigenvalue weighted by Gasteiger charge is -2.34. The molecule has 0 fully saturated rings. The molecule has 0 aliphatic rings. The minimum atomic E-state index is -0.394. The average molecular weight is 337 g/mol. The number of rotatable bonds is 8. The second kappa shape index (κ2) is 8.29. The van der Waals surface area contributed by atoms with Crippen LogP contribution in [0.4, 0.5) is 4.79 Å². The molecule has 0 atom stereocenters. The number of hydrogen-bond donors (Lipinski definition) is 2. The fraction of sp³-hybridized carbons (Fsp3) is 0.556. The van der Waals surface area contributed by atoms with Gasteiger partial charge in [0.2, 0.25) is 0 Å². The van der Waals surface area contributed by atoms with Gasteiger partial charge in [-0.1, -0.05) is 70.2 Å². The van der Waals surface area contributed by atoms with Gasteiger partial charge in [0.05, 0.1) is 4.99 Å². The largest absolute Gasteiger partial charge is 0.445 e. The second-order valence-corrected chi connectivity index (χ2v) is 8.09. The molecule has 0 spiro atoms. The number of thiocarbonyl (C=S) groups is 1. The third kappa shape index (κ3) is 8.55. The van der Waals surface area contributed by atoms with E-state index in [1.165, 1.54) is 0 Å². The van der Waals surface area contributed by atoms with Crippen LogP contribution in [0.2, 0.25) is 0 Å². The highest BCUT2D eigenvalue weighted by atomic mass is 32.1. The molecule has 0 unspecified atom stereocenters. The van der Waals surface area contributed by atoms with Crippen molar-refractivity contribution in [3.63, 3.8) is 0 Å². The van der Waals surface area contributed by atoms with Crippen LogP contribution in [0, 0.1) is 10.8 Å². The van der Waals surface area contributed by atoms with Crippen molar-refractivity contribution >= 4 is 23.3 Å². The molecule has 0 saturated heterocycles. The van der Waals surface area contributed by atoms with Crippen LogP contribution in [0.15, 0.2) is 30.3 Å². The number of nitrogens with one attached hydrogen (secondary N) is 1. The first-order valence-corrected chi connectivity index (χ1v) is 8.23. The highest BCUT2D eigenvalue weighted by Crippen LogP contribution is 2.35. The molecular formula is C18H28N2O2S. The van der Waals surface area contributed by atoms with Crippen LogP contribution in [0.25, 0.3) is 0 Å². The van der Waals surface area contributed by atoms with E-state index >= 15 is 0 Å². The van der Waals surface area contributed by atoms with Crippen molar-refractivity contribution in [2.24, 2.45) is 16.6 Å². The van der Waals surface area contributed by atoms with Crippen molar-refractivity contribution in [2.45, 2.75) is 47.1 Å². The maximum absolute atomic E-state index is 11.8. The lowest BCUT2D eigenvalue weighted by atomic mass is 9.73. The summed E-state index contributed by atoms with van der Waals surface area (Å²) in [5.41, 5.74) is 6.56. The van der Waals surface area contributed by atoms with E-state index in [1.807, 2.05) is 30.3 Å². The monoisotopic (exact) mass is 336 g/mol. The fourth-order valence-corrected chi connectivity index (χ4v) is 3.37. The fourth-order valence-electron chi connectivity index (χ4n) is 2.98. The highest BCUT2D eigenvalue weighted by molar-refractivity contribution is 7.80. The van der Waals surface area contributed by atoms with Crippen LogP contribution >= 0.6 is 12.2 Å². The van der Waals surface area contributed by atoms with Gasteiger partial charge >= 0.3 is 6.09 Å². The van der Waals surface area contributed by atoms with Crippen LogP contribution in [-0.4, -0.2) is 17.6 Å². The Kier molecular flexibility index (Phi) is 7.01. The van der Waals surface area contributed by atoms with Crippen LogP contribution in [0.3, 0.4) is 0 Å². The van der Waals surface area contributed by atoms with Crippen LogP contribution in [0.1, 0.15) is 46.1 Å². The summed E-state index contributed by atoms with van der Waals surface area (Å²) in [7, 11) is 0. The first-order chi connectivity index (χ1) is 10.6. The van der Waals surface area contributed by atoms with Crippen LogP contribution in [-0.2, 0) is 11.3 Å². The van der Waals surface area contributed by atoms with Crippen molar-refractivity contribution in [3.05, 3.63) is 35.9 Å². The number of alkyl carbamates (subject to hydrolysis) is 1. The van der Waals surface area contributed by atoms with E-state index in [0.29, 0.717) is 18.0 Å². The van der Waals surface area contributed by atoms with Crippen molar-refractivity contribution in [2.75, 3.05) is 6.54 Å². The molecule has 3 N–H and O–H groups in total. The van der Waals surface area contributed by atoms with Gasteiger partial charge in [0.25, 0.3) is 0 Å². The van der Waals surface area contributed by atoms with Gasteiger partial charge in [-0.15, -0.1) is 0 Å². The first kappa shape index (κ1) is 19.4. The molecule has 0 saturated carbocycles. The van der Waals surface area contributed by atoms with E-state index in [4.69, 9.17) is 22.7 Å². The summed E-state index contributed by atoms with van der Waals surface area (Å²) in [6.45, 7) is 9.34. The Labute approximate surface area is 144 Å². The van der Waals surface area contributed by atoms with Gasteiger partial charge in [0.1, 0.15) is 6.61 Å². The van der Waals surface area contributed by atoms with E-state index in [1.54, 1.807) is 0 Å². The standard InChI is InChI=1S/C18H28N2O2S/c1-17(2,10-15(19)23)12-18(3,4)13-20-16(21)22-11-14-8-6-5-7-9-14/h5-9H,10-13H2,1-4H3,(H2,19,23)(H,20,21). The van der Waals surface area contributed by atoms with Crippen molar-refractivity contribution in [3.8, 4) is 0 Å². The van der Waals surface area contributed by atoms with Crippen molar-refractivity contribution in [1.29, 1.82) is 0 Å². The number of nitrogens with two attached hydrogens (primary N) is 1. The third-order valence-electron chi connectivity index (χ3n) is 3.53. The molecule has 128 valence electrons. The molecule has 4 nitrogen and oxygen atoms in total. The molecule has 1 amide bonds. The van der Waals surface area contributed by atoms with Gasteiger partial charge in [0, 0.05) is 13.0 Å². The summed E-state index contributed by atoms with van der Waals surface area (Å²) in [5.74, 6) is 0. The quantitative estimate of drug-likeness (QED) is 0.704. The molecule has 1 rings (SSSR count). The maximum atomic E-state index is 11.8. The second-order valence-electron chi connectivity index (χ2n) is 7.56. The lowest BCUT2D eigenvalue weighted by Crippen LogP contribution is -2.37. The summed E-state index contributed by atoms with van der Waals surface area (Å²) in [6.07, 6.45) is 1.20. The molecule has 0 radical (unpaired) electrons. The number of carbonyl (C=O) groups is 1. The summed E-state index contributed by atoms with van der Waals surface area (Å²) in [5, 5.41) is 2.84. The zero-order chi connectivity index (χ0) is 17.5. The van der Waals surface area contributed by atoms with E-state index in [-0.39, 0.29) is 17.4 Å². The Bertz CT molecular complexity index is 527. The average Bonchev–Trinajstić information content (AvgIpc) is 2.41. The molecule has 5 heteroatoms. The molecule has 0 aromatic heterocycles. The zero-order valence-corrected chi connectivity index (χ0v) is 15.3. The third-order valence-corrected chi connectivity index (χ3v) is 3.68. The summed E-state index contributed by atoms with van der Waals surface area (Å²) >= 11 is 5.01. The predicted molar refractivity (Wildman–Crippen MR) is 98.2 cm³/mol. The van der Waals surface area contributed by atoms with Crippen molar-refractivity contribution < 1.29 is 9.53 Å². The van der Waals surface area contributed by atoms with Gasteiger partial charge < -0.3 is 15.8 Å². The minimum Gasteiger partial charge on any atom is -0.445 e. The number of amides is 1. The van der Waals surface area contributed by atoms with Gasteiger partial charge in [0.15, 0.2) is 0 Å². The normalized spacial score (nSPS) is 11.8. The molecule has 0 bridgehead atoms. The van der Waals surface area contributed by atoms with E-state index in [9.17, 15) is 4.79 Å². The Hall–Kier alpha value is -1.62. The van der Waals surface area contributed by atoms with Gasteiger partial charge in [-0.3, -0.25) is 0 Å². The van der Waals surface area contributed by atoms with Gasteiger partial charge in [-0.05, 0) is 22.8 Å². The Morgan fingerprint density at radius 2 is 1.78 bits per heavy atom. The Morgan fingerprint density at radius 1 is 1.17 bits per heavy atom. The minimum absolute atomic E-state index is 0.00492. The van der Waals surface area contributed by atoms with Crippen molar-refractivity contribution in [1.82, 2.24) is 5.32 Å². The Morgan fingerprint density at radius 3 is 2.35 bits per heavy atom. The van der Waals surface area contributed by atoms with Crippen LogP contribution < -0.4 is 11.1 Å². The number of benzene rings is 1. The zero-order valence-electron chi connectivity index (χ0n) is 14.5. The lowest BCUT2D eigenvalue weighted by molar-refractivity contribution is 0.129. The number of carbonyl (C=O) groups excluding carboxylic acids is 1. The molecule has 23 heavy (non-hydrogen) atoms. The molecule has 1 aromatic carbocycles. The first-order valence-electron chi connectivity index (χ1n) is 7.83. The van der Waals surface area contributed by atoms with Crippen LogP contribution in [0.5, 0.6) is 0 Å². The van der Waals surface area contributed by atoms with E-state index in [0.717, 1.165) is 12.0 Å². The summed E-state index contributed by atoms with van der Waals surface area (Å²) in [4.78, 5) is 12.4. The molecule has 1 aromatic rings. The smallest absolute Gasteiger partial charge is 0.407 e. The highest BCUT2D eigenvalue weighted by Gasteiger charge is 2.29. The maximum Gasteiger partial charge on any atom is 0.407 e. The van der Waals surface area contributed by atoms with Gasteiger partial charge in [-0.25, -0.2) is 4.79 Å².